The number of ether oxygens (including phenoxy) is 1. The van der Waals surface area contributed by atoms with Crippen LogP contribution < -0.4 is 10.1 Å². The van der Waals surface area contributed by atoms with Crippen molar-refractivity contribution in [2.45, 2.75) is 59.0 Å². The summed E-state index contributed by atoms with van der Waals surface area (Å²) in [5, 5.41) is 2.87. The first-order valence-corrected chi connectivity index (χ1v) is 10.6. The van der Waals surface area contributed by atoms with E-state index in [-0.39, 0.29) is 23.8 Å². The molecule has 5 heteroatoms. The number of carbonyl (C=O) groups excluding carboxylic acids is 2. The lowest BCUT2D eigenvalue weighted by Crippen LogP contribution is -2.49. The monoisotopic (exact) mass is 410 g/mol. The van der Waals surface area contributed by atoms with Crippen LogP contribution in [-0.4, -0.2) is 35.9 Å². The molecule has 0 spiro atoms. The molecule has 0 radical (unpaired) electrons. The Labute approximate surface area is 180 Å². The molecule has 2 aromatic carbocycles. The van der Waals surface area contributed by atoms with Gasteiger partial charge in [0, 0.05) is 13.1 Å². The van der Waals surface area contributed by atoms with Crippen molar-refractivity contribution < 1.29 is 14.3 Å². The highest BCUT2D eigenvalue weighted by Gasteiger charge is 2.26. The van der Waals surface area contributed by atoms with E-state index in [0.29, 0.717) is 18.8 Å². The van der Waals surface area contributed by atoms with Crippen molar-refractivity contribution in [3.8, 4) is 5.75 Å². The molecule has 2 aromatic rings. The largest absolute Gasteiger partial charge is 0.484 e. The topological polar surface area (TPSA) is 58.6 Å². The maximum Gasteiger partial charge on any atom is 0.261 e. The van der Waals surface area contributed by atoms with Gasteiger partial charge in [-0.25, -0.2) is 0 Å². The number of rotatable bonds is 9. The van der Waals surface area contributed by atoms with Crippen molar-refractivity contribution in [2.75, 3.05) is 13.2 Å². The molecule has 0 fully saturated rings. The molecule has 0 aliphatic rings. The summed E-state index contributed by atoms with van der Waals surface area (Å²) in [7, 11) is 0. The summed E-state index contributed by atoms with van der Waals surface area (Å²) >= 11 is 0. The first kappa shape index (κ1) is 23.5. The van der Waals surface area contributed by atoms with E-state index < -0.39 is 6.04 Å². The van der Waals surface area contributed by atoms with E-state index >= 15 is 0 Å². The first-order chi connectivity index (χ1) is 14.2. The minimum absolute atomic E-state index is 0.0577. The zero-order valence-corrected chi connectivity index (χ0v) is 18.8. The van der Waals surface area contributed by atoms with E-state index in [1.807, 2.05) is 61.5 Å². The van der Waals surface area contributed by atoms with Gasteiger partial charge in [0.1, 0.15) is 11.8 Å². The Hall–Kier alpha value is -2.82. The van der Waals surface area contributed by atoms with Gasteiger partial charge in [-0.05, 0) is 42.0 Å². The Bertz CT molecular complexity index is 811. The average molecular weight is 411 g/mol. The molecule has 0 aliphatic carbocycles. The molecule has 162 valence electrons. The summed E-state index contributed by atoms with van der Waals surface area (Å²) in [5.74, 6) is 0.257. The van der Waals surface area contributed by atoms with E-state index in [1.54, 1.807) is 11.8 Å². The normalized spacial score (nSPS) is 12.2. The predicted molar refractivity (Wildman–Crippen MR) is 120 cm³/mol. The van der Waals surface area contributed by atoms with E-state index in [9.17, 15) is 9.59 Å². The van der Waals surface area contributed by atoms with Crippen LogP contribution in [-0.2, 0) is 21.5 Å². The third-order valence-corrected chi connectivity index (χ3v) is 4.99. The second kappa shape index (κ2) is 10.8. The fourth-order valence-corrected chi connectivity index (χ4v) is 3.04. The summed E-state index contributed by atoms with van der Waals surface area (Å²) in [6.07, 6.45) is 0.846. The lowest BCUT2D eigenvalue weighted by atomic mass is 9.87. The number of nitrogens with zero attached hydrogens (tertiary/aromatic N) is 1. The Morgan fingerprint density at radius 3 is 2.23 bits per heavy atom. The van der Waals surface area contributed by atoms with Crippen molar-refractivity contribution >= 4 is 11.8 Å². The van der Waals surface area contributed by atoms with Gasteiger partial charge >= 0.3 is 0 Å². The van der Waals surface area contributed by atoms with Gasteiger partial charge in [-0.2, -0.15) is 0 Å². The molecule has 0 bridgehead atoms. The van der Waals surface area contributed by atoms with Gasteiger partial charge in [-0.1, -0.05) is 70.2 Å². The summed E-state index contributed by atoms with van der Waals surface area (Å²) < 4.78 is 5.74. The van der Waals surface area contributed by atoms with Crippen LogP contribution >= 0.6 is 0 Å². The van der Waals surface area contributed by atoms with Crippen LogP contribution in [0.25, 0.3) is 0 Å². The van der Waals surface area contributed by atoms with Crippen LogP contribution in [0.1, 0.15) is 52.2 Å². The summed E-state index contributed by atoms with van der Waals surface area (Å²) in [6, 6.07) is 16.9. The molecule has 2 amide bonds. The second-order valence-electron chi connectivity index (χ2n) is 8.54. The van der Waals surface area contributed by atoms with Crippen molar-refractivity contribution in [3.63, 3.8) is 0 Å². The van der Waals surface area contributed by atoms with Crippen molar-refractivity contribution in [1.82, 2.24) is 10.2 Å². The number of hydrogen-bond acceptors (Lipinski definition) is 3. The van der Waals surface area contributed by atoms with Crippen LogP contribution in [0.3, 0.4) is 0 Å². The van der Waals surface area contributed by atoms with Crippen LogP contribution in [0.5, 0.6) is 5.75 Å². The molecular weight excluding hydrogens is 376 g/mol. The van der Waals surface area contributed by atoms with Gasteiger partial charge in [-0.3, -0.25) is 9.59 Å². The van der Waals surface area contributed by atoms with Crippen LogP contribution in [0, 0.1) is 0 Å². The minimum Gasteiger partial charge on any atom is -0.484 e. The van der Waals surface area contributed by atoms with Crippen LogP contribution in [0.2, 0.25) is 0 Å². The molecule has 5 nitrogen and oxygen atoms in total. The Balaban J connectivity index is 2.08. The van der Waals surface area contributed by atoms with Gasteiger partial charge in [-0.15, -0.1) is 0 Å². The Morgan fingerprint density at radius 2 is 1.67 bits per heavy atom. The lowest BCUT2D eigenvalue weighted by molar-refractivity contribution is -0.142. The number of hydrogen-bond donors (Lipinski definition) is 1. The average Bonchev–Trinajstić information content (AvgIpc) is 2.74. The zero-order valence-electron chi connectivity index (χ0n) is 18.8. The highest BCUT2D eigenvalue weighted by molar-refractivity contribution is 5.87. The molecule has 0 heterocycles. The molecule has 2 rings (SSSR count). The predicted octanol–water partition coefficient (Wildman–Crippen LogP) is 4.31. The molecule has 0 aliphatic heterocycles. The Morgan fingerprint density at radius 1 is 1.03 bits per heavy atom. The SMILES string of the molecule is CCCNC(=O)C(C)N(Cc1ccccc1)C(=O)COc1ccc(C(C)(C)C)cc1. The third kappa shape index (κ3) is 6.90. The standard InChI is InChI=1S/C25H34N2O3/c1-6-16-26-24(29)19(2)27(17-20-10-8-7-9-11-20)23(28)18-30-22-14-12-21(13-15-22)25(3,4)5/h7-15,19H,6,16-18H2,1-5H3,(H,26,29). The number of nitrogens with one attached hydrogen (secondary N) is 1. The van der Waals surface area contributed by atoms with Gasteiger partial charge in [0.2, 0.25) is 5.91 Å². The van der Waals surface area contributed by atoms with Crippen molar-refractivity contribution in [2.24, 2.45) is 0 Å². The molecule has 0 saturated carbocycles. The maximum atomic E-state index is 13.0. The quantitative estimate of drug-likeness (QED) is 0.670. The maximum absolute atomic E-state index is 13.0. The molecule has 1 N–H and O–H groups in total. The Kier molecular flexibility index (Phi) is 8.46. The number of carbonyl (C=O) groups is 2. The molecular formula is C25H34N2O3. The molecule has 1 unspecified atom stereocenters. The third-order valence-electron chi connectivity index (χ3n) is 4.99. The van der Waals surface area contributed by atoms with Gasteiger partial charge in [0.15, 0.2) is 6.61 Å². The summed E-state index contributed by atoms with van der Waals surface area (Å²) in [5.41, 5.74) is 2.23. The minimum atomic E-state index is -0.587. The number of amides is 2. The summed E-state index contributed by atoms with van der Waals surface area (Å²) in [6.45, 7) is 11.0. The summed E-state index contributed by atoms with van der Waals surface area (Å²) in [4.78, 5) is 27.1. The van der Waals surface area contributed by atoms with E-state index in [0.717, 1.165) is 12.0 Å². The van der Waals surface area contributed by atoms with E-state index in [4.69, 9.17) is 4.74 Å². The van der Waals surface area contributed by atoms with E-state index in [1.165, 1.54) is 5.56 Å². The number of benzene rings is 2. The van der Waals surface area contributed by atoms with Gasteiger partial charge in [0.05, 0.1) is 0 Å². The fourth-order valence-electron chi connectivity index (χ4n) is 3.04. The lowest BCUT2D eigenvalue weighted by Gasteiger charge is -2.28. The second-order valence-corrected chi connectivity index (χ2v) is 8.54. The molecule has 30 heavy (non-hydrogen) atoms. The first-order valence-electron chi connectivity index (χ1n) is 10.6. The van der Waals surface area contributed by atoms with Crippen LogP contribution in [0.4, 0.5) is 0 Å². The van der Waals surface area contributed by atoms with Gasteiger partial charge in [0.25, 0.3) is 5.91 Å². The highest BCUT2D eigenvalue weighted by atomic mass is 16.5. The van der Waals surface area contributed by atoms with Crippen molar-refractivity contribution in [1.29, 1.82) is 0 Å². The highest BCUT2D eigenvalue weighted by Crippen LogP contribution is 2.24. The molecule has 0 aromatic heterocycles. The van der Waals surface area contributed by atoms with Crippen molar-refractivity contribution in [3.05, 3.63) is 65.7 Å². The van der Waals surface area contributed by atoms with E-state index in [2.05, 4.69) is 26.1 Å². The fraction of sp³-hybridized carbons (Fsp3) is 0.440. The molecule has 1 atom stereocenters. The van der Waals surface area contributed by atoms with Crippen LogP contribution in [0.15, 0.2) is 54.6 Å². The zero-order chi connectivity index (χ0) is 22.1. The van der Waals surface area contributed by atoms with Gasteiger partial charge < -0.3 is 15.0 Å². The molecule has 0 saturated heterocycles. The smallest absolute Gasteiger partial charge is 0.261 e.